The molecule has 3 aliphatic heterocycles. The van der Waals surface area contributed by atoms with Gasteiger partial charge in [0.15, 0.2) is 0 Å². The number of carbonyl (C=O) groups is 3. The van der Waals surface area contributed by atoms with E-state index in [-0.39, 0.29) is 18.4 Å². The second-order valence-electron chi connectivity index (χ2n) is 11.6. The van der Waals surface area contributed by atoms with Crippen molar-refractivity contribution in [2.45, 2.75) is 58.5 Å². The molecule has 2 unspecified atom stereocenters. The van der Waals surface area contributed by atoms with Crippen molar-refractivity contribution in [3.8, 4) is 0 Å². The highest BCUT2D eigenvalue weighted by Gasteiger charge is 2.41. The van der Waals surface area contributed by atoms with Crippen LogP contribution >= 0.6 is 0 Å². The van der Waals surface area contributed by atoms with Crippen molar-refractivity contribution in [1.82, 2.24) is 24.9 Å². The molecular formula is C25H47N7O3. The average molecular weight is 494 g/mol. The quantitative estimate of drug-likeness (QED) is 0.387. The van der Waals surface area contributed by atoms with Crippen LogP contribution in [-0.4, -0.2) is 121 Å². The summed E-state index contributed by atoms with van der Waals surface area (Å²) in [5.41, 5.74) is 10.7. The van der Waals surface area contributed by atoms with Crippen molar-refractivity contribution in [3.05, 3.63) is 0 Å². The highest BCUT2D eigenvalue weighted by Crippen LogP contribution is 2.26. The molecule has 3 saturated heterocycles. The molecular weight excluding hydrogens is 446 g/mol. The summed E-state index contributed by atoms with van der Waals surface area (Å²) in [7, 11) is 0. The largest absolute Gasteiger partial charge is 0.368 e. The van der Waals surface area contributed by atoms with Gasteiger partial charge in [-0.1, -0.05) is 20.8 Å². The van der Waals surface area contributed by atoms with Gasteiger partial charge in [-0.15, -0.1) is 0 Å². The fourth-order valence-electron chi connectivity index (χ4n) is 5.62. The third kappa shape index (κ3) is 7.87. The molecule has 0 aliphatic carbocycles. The molecule has 35 heavy (non-hydrogen) atoms. The minimum Gasteiger partial charge on any atom is -0.368 e. The van der Waals surface area contributed by atoms with E-state index in [1.54, 1.807) is 4.90 Å². The minimum atomic E-state index is -0.693. The van der Waals surface area contributed by atoms with Gasteiger partial charge in [0.25, 0.3) is 0 Å². The lowest BCUT2D eigenvalue weighted by Crippen LogP contribution is -2.59. The molecule has 3 aliphatic rings. The summed E-state index contributed by atoms with van der Waals surface area (Å²) in [5.74, 6) is -0.0932. The number of nitrogens with one attached hydrogen (secondary N) is 1. The predicted molar refractivity (Wildman–Crippen MR) is 136 cm³/mol. The summed E-state index contributed by atoms with van der Waals surface area (Å²) in [6.07, 6.45) is 3.81. The van der Waals surface area contributed by atoms with E-state index in [0.717, 1.165) is 71.2 Å². The molecule has 10 heteroatoms. The van der Waals surface area contributed by atoms with Crippen LogP contribution in [0, 0.1) is 11.3 Å². The number of hydrogen-bond acceptors (Lipinski definition) is 7. The number of likely N-dealkylation sites (tertiary alicyclic amines) is 2. The monoisotopic (exact) mass is 493 g/mol. The van der Waals surface area contributed by atoms with Gasteiger partial charge >= 0.3 is 0 Å². The molecule has 0 radical (unpaired) electrons. The highest BCUT2D eigenvalue weighted by atomic mass is 16.2. The molecule has 10 nitrogen and oxygen atoms in total. The maximum atomic E-state index is 13.3. The van der Waals surface area contributed by atoms with Gasteiger partial charge in [0.2, 0.25) is 17.7 Å². The molecule has 0 saturated carbocycles. The van der Waals surface area contributed by atoms with E-state index in [2.05, 4.69) is 20.0 Å². The van der Waals surface area contributed by atoms with Crippen LogP contribution in [0.25, 0.3) is 0 Å². The van der Waals surface area contributed by atoms with Gasteiger partial charge in [-0.3, -0.25) is 19.3 Å². The van der Waals surface area contributed by atoms with Gasteiger partial charge in [0.05, 0.1) is 6.54 Å². The Morgan fingerprint density at radius 3 is 2.11 bits per heavy atom. The Kier molecular flexibility index (Phi) is 9.92. The van der Waals surface area contributed by atoms with Crippen LogP contribution in [0.15, 0.2) is 0 Å². The fraction of sp³-hybridized carbons (Fsp3) is 0.880. The average Bonchev–Trinajstić information content (AvgIpc) is 3.30. The maximum absolute atomic E-state index is 13.3. The van der Waals surface area contributed by atoms with Crippen LogP contribution < -0.4 is 16.8 Å². The number of hydrogen-bond donors (Lipinski definition) is 3. The number of amides is 3. The maximum Gasteiger partial charge on any atom is 0.246 e. The summed E-state index contributed by atoms with van der Waals surface area (Å²) < 4.78 is 0. The van der Waals surface area contributed by atoms with Crippen LogP contribution in [0.1, 0.15) is 46.5 Å². The molecule has 0 aromatic heterocycles. The third-order valence-electron chi connectivity index (χ3n) is 7.78. The zero-order chi connectivity index (χ0) is 25.6. The fourth-order valence-corrected chi connectivity index (χ4v) is 5.62. The van der Waals surface area contributed by atoms with Gasteiger partial charge in [0.1, 0.15) is 12.1 Å². The van der Waals surface area contributed by atoms with Gasteiger partial charge in [-0.05, 0) is 50.1 Å². The van der Waals surface area contributed by atoms with E-state index in [9.17, 15) is 14.4 Å². The Morgan fingerprint density at radius 2 is 1.54 bits per heavy atom. The first kappa shape index (κ1) is 27.8. The zero-order valence-corrected chi connectivity index (χ0v) is 22.0. The molecule has 3 amide bonds. The smallest absolute Gasteiger partial charge is 0.246 e. The molecule has 5 N–H and O–H groups in total. The van der Waals surface area contributed by atoms with Crippen molar-refractivity contribution in [2.24, 2.45) is 22.8 Å². The van der Waals surface area contributed by atoms with E-state index >= 15 is 0 Å². The van der Waals surface area contributed by atoms with Crippen molar-refractivity contribution in [1.29, 1.82) is 0 Å². The minimum absolute atomic E-state index is 0.145. The molecule has 200 valence electrons. The first-order valence-electron chi connectivity index (χ1n) is 13.3. The number of nitrogens with zero attached hydrogens (tertiary/aromatic N) is 4. The summed E-state index contributed by atoms with van der Waals surface area (Å²) in [5, 5.41) is 2.98. The number of nitrogens with two attached hydrogens (primary N) is 2. The zero-order valence-electron chi connectivity index (χ0n) is 22.0. The number of carbonyl (C=O) groups excluding carboxylic acids is 3. The Labute approximate surface area is 210 Å². The van der Waals surface area contributed by atoms with Gasteiger partial charge in [0, 0.05) is 52.4 Å². The van der Waals surface area contributed by atoms with Crippen LogP contribution in [-0.2, 0) is 14.4 Å². The van der Waals surface area contributed by atoms with Gasteiger partial charge < -0.3 is 31.5 Å². The Bertz CT molecular complexity index is 725. The van der Waals surface area contributed by atoms with Crippen molar-refractivity contribution < 1.29 is 14.4 Å². The van der Waals surface area contributed by atoms with Gasteiger partial charge in [-0.2, -0.15) is 0 Å². The number of piperidine rings is 1. The topological polar surface area (TPSA) is 128 Å². The third-order valence-corrected chi connectivity index (χ3v) is 7.78. The molecule has 0 bridgehead atoms. The van der Waals surface area contributed by atoms with Crippen molar-refractivity contribution in [2.75, 3.05) is 72.0 Å². The molecule has 3 rings (SSSR count). The number of rotatable bonds is 9. The summed E-state index contributed by atoms with van der Waals surface area (Å²) >= 11 is 0. The summed E-state index contributed by atoms with van der Waals surface area (Å²) in [6.45, 7) is 15.4. The molecule has 0 aromatic rings. The lowest BCUT2D eigenvalue weighted by Gasteiger charge is -2.39. The van der Waals surface area contributed by atoms with Gasteiger partial charge in [-0.25, -0.2) is 0 Å². The first-order chi connectivity index (χ1) is 16.6. The number of piperazine rings is 1. The normalized spacial score (nSPS) is 24.5. The molecule has 3 fully saturated rings. The second-order valence-corrected chi connectivity index (χ2v) is 11.6. The van der Waals surface area contributed by atoms with E-state index in [1.165, 1.54) is 12.8 Å². The van der Waals surface area contributed by atoms with E-state index < -0.39 is 23.4 Å². The molecule has 3 heterocycles. The van der Waals surface area contributed by atoms with E-state index in [1.807, 2.05) is 20.8 Å². The molecule has 0 aromatic carbocycles. The molecule has 0 spiro atoms. The predicted octanol–water partition coefficient (Wildman–Crippen LogP) is -0.718. The summed E-state index contributed by atoms with van der Waals surface area (Å²) in [4.78, 5) is 46.7. The van der Waals surface area contributed by atoms with Crippen LogP contribution in [0.3, 0.4) is 0 Å². The summed E-state index contributed by atoms with van der Waals surface area (Å²) in [6, 6.07) is -1.27. The van der Waals surface area contributed by atoms with E-state index in [4.69, 9.17) is 11.5 Å². The van der Waals surface area contributed by atoms with Crippen LogP contribution in [0.4, 0.5) is 0 Å². The number of primary amides is 1. The van der Waals surface area contributed by atoms with Crippen LogP contribution in [0.2, 0.25) is 0 Å². The first-order valence-corrected chi connectivity index (χ1v) is 13.3. The second kappa shape index (κ2) is 12.5. The van der Waals surface area contributed by atoms with Crippen molar-refractivity contribution >= 4 is 17.7 Å². The Morgan fingerprint density at radius 1 is 0.914 bits per heavy atom. The SMILES string of the molecule is CC(C)(C)C(NC(=O)CN1CCN(CC2CCN(CCN)CC2)CC1)C(=O)N1CCCC1C(N)=O. The standard InChI is InChI=1S/C25H47N7O3/c1-25(2,3)22(24(35)32-9-4-5-20(32)23(27)34)28-21(33)18-31-15-13-30(14-16-31)17-19-6-10-29(11-7-19)12-8-26/h19-20,22H,4-18,26H2,1-3H3,(H2,27,34)(H,28,33). The van der Waals surface area contributed by atoms with Crippen molar-refractivity contribution in [3.63, 3.8) is 0 Å². The Hall–Kier alpha value is -1.75. The highest BCUT2D eigenvalue weighted by molar-refractivity contribution is 5.92. The Balaban J connectivity index is 1.44. The lowest BCUT2D eigenvalue weighted by molar-refractivity contribution is -0.143. The lowest BCUT2D eigenvalue weighted by atomic mass is 9.85. The van der Waals surface area contributed by atoms with Crippen LogP contribution in [0.5, 0.6) is 0 Å². The van der Waals surface area contributed by atoms with E-state index in [0.29, 0.717) is 13.0 Å². The molecule has 2 atom stereocenters.